The minimum Gasteiger partial charge on any atom is -0.309 e. The number of nitrogens with zero attached hydrogens (tertiary/aromatic N) is 4. The molecule has 3 aliphatic heterocycles. The number of aliphatic imine (C=N–C) groups is 1. The average molecular weight is 676 g/mol. The summed E-state index contributed by atoms with van der Waals surface area (Å²) in [4.78, 5) is 38.3. The Balaban J connectivity index is 1.19. The molecule has 5 rings (SSSR count). The SMILES string of the molecule is Cc1cc(C(=O)C2CN(OCCCN(C)C)C2)cc(C)c1/C=C/S(=O)(=O)N1CCC2(CC1)N=C(c1cccc(C(F)(F)F)c1)NC2=O. The number of carbonyl (C=O) groups is 2. The van der Waals surface area contributed by atoms with Crippen LogP contribution in [0.4, 0.5) is 13.2 Å². The van der Waals surface area contributed by atoms with E-state index in [9.17, 15) is 31.2 Å². The lowest BCUT2D eigenvalue weighted by Crippen LogP contribution is -2.50. The van der Waals surface area contributed by atoms with Crippen molar-refractivity contribution in [1.29, 1.82) is 0 Å². The first-order valence-corrected chi connectivity index (χ1v) is 17.0. The number of carbonyl (C=O) groups excluding carboxylic acids is 2. The number of sulfonamides is 1. The number of piperidine rings is 1. The van der Waals surface area contributed by atoms with Crippen molar-refractivity contribution in [1.82, 2.24) is 19.6 Å². The number of hydrogen-bond acceptors (Lipinski definition) is 8. The quantitative estimate of drug-likeness (QED) is 0.283. The molecule has 254 valence electrons. The van der Waals surface area contributed by atoms with Gasteiger partial charge in [0, 0.05) is 42.7 Å². The van der Waals surface area contributed by atoms with Crippen LogP contribution >= 0.6 is 0 Å². The number of aryl methyl sites for hydroxylation is 2. The Morgan fingerprint density at radius 1 is 1.13 bits per heavy atom. The van der Waals surface area contributed by atoms with Crippen LogP contribution < -0.4 is 5.32 Å². The zero-order chi connectivity index (χ0) is 34.1. The van der Waals surface area contributed by atoms with Gasteiger partial charge in [0.1, 0.15) is 11.4 Å². The highest BCUT2D eigenvalue weighted by molar-refractivity contribution is 7.92. The first-order chi connectivity index (χ1) is 22.1. The van der Waals surface area contributed by atoms with E-state index >= 15 is 0 Å². The molecule has 0 saturated carbocycles. The summed E-state index contributed by atoms with van der Waals surface area (Å²) in [7, 11) is 0.151. The van der Waals surface area contributed by atoms with Crippen molar-refractivity contribution in [2.24, 2.45) is 10.9 Å². The Kier molecular flexibility index (Phi) is 10.1. The second-order valence-electron chi connectivity index (χ2n) is 12.7. The zero-order valence-electron chi connectivity index (χ0n) is 26.9. The largest absolute Gasteiger partial charge is 0.416 e. The van der Waals surface area contributed by atoms with Gasteiger partial charge in [-0.3, -0.25) is 19.4 Å². The fraction of sp³-hybridized carbons (Fsp3) is 0.485. The summed E-state index contributed by atoms with van der Waals surface area (Å²) >= 11 is 0. The maximum atomic E-state index is 13.3. The van der Waals surface area contributed by atoms with Crippen LogP contribution in [0, 0.1) is 19.8 Å². The van der Waals surface area contributed by atoms with Crippen LogP contribution in [0.3, 0.4) is 0 Å². The molecule has 10 nitrogen and oxygen atoms in total. The van der Waals surface area contributed by atoms with Gasteiger partial charge in [-0.05, 0) is 101 Å². The lowest BCUT2D eigenvalue weighted by Gasteiger charge is -2.37. The molecule has 1 spiro atoms. The fourth-order valence-corrected chi connectivity index (χ4v) is 7.26. The predicted octanol–water partition coefficient (Wildman–Crippen LogP) is 4.03. The Bertz CT molecular complexity index is 1670. The molecular formula is C33H40F3N5O5S. The molecule has 1 amide bonds. The monoisotopic (exact) mass is 675 g/mol. The Morgan fingerprint density at radius 2 is 1.79 bits per heavy atom. The Morgan fingerprint density at radius 3 is 2.40 bits per heavy atom. The zero-order valence-corrected chi connectivity index (χ0v) is 27.7. The molecule has 0 bridgehead atoms. The van der Waals surface area contributed by atoms with Gasteiger partial charge in [-0.25, -0.2) is 8.42 Å². The molecule has 0 unspecified atom stereocenters. The molecule has 3 aliphatic rings. The highest BCUT2D eigenvalue weighted by Crippen LogP contribution is 2.34. The number of alkyl halides is 3. The summed E-state index contributed by atoms with van der Waals surface area (Å²) in [6.45, 7) is 6.31. The van der Waals surface area contributed by atoms with E-state index < -0.39 is 33.2 Å². The van der Waals surface area contributed by atoms with E-state index in [4.69, 9.17) is 4.84 Å². The van der Waals surface area contributed by atoms with E-state index in [0.717, 1.165) is 41.6 Å². The summed E-state index contributed by atoms with van der Waals surface area (Å²) in [5, 5.41) is 5.53. The van der Waals surface area contributed by atoms with Crippen LogP contribution in [-0.4, -0.2) is 99.2 Å². The van der Waals surface area contributed by atoms with Gasteiger partial charge in [0.15, 0.2) is 5.78 Å². The first-order valence-electron chi connectivity index (χ1n) is 15.5. The van der Waals surface area contributed by atoms with E-state index in [1.807, 2.05) is 33.0 Å². The van der Waals surface area contributed by atoms with Crippen LogP contribution in [0.25, 0.3) is 6.08 Å². The normalized spacial score (nSPS) is 19.4. The van der Waals surface area contributed by atoms with Gasteiger partial charge >= 0.3 is 6.18 Å². The minimum absolute atomic E-state index is 0.0165. The molecule has 0 radical (unpaired) electrons. The second kappa shape index (κ2) is 13.6. The van der Waals surface area contributed by atoms with Crippen molar-refractivity contribution in [3.8, 4) is 0 Å². The van der Waals surface area contributed by atoms with Crippen LogP contribution in [0.1, 0.15) is 57.4 Å². The Hall–Kier alpha value is -3.43. The van der Waals surface area contributed by atoms with Crippen molar-refractivity contribution in [3.63, 3.8) is 0 Å². The third-order valence-corrected chi connectivity index (χ3v) is 10.4. The molecule has 2 aromatic carbocycles. The van der Waals surface area contributed by atoms with E-state index in [1.165, 1.54) is 22.5 Å². The molecule has 47 heavy (non-hydrogen) atoms. The molecule has 14 heteroatoms. The average Bonchev–Trinajstić information content (AvgIpc) is 3.29. The van der Waals surface area contributed by atoms with Gasteiger partial charge in [-0.1, -0.05) is 12.1 Å². The van der Waals surface area contributed by atoms with Crippen molar-refractivity contribution in [2.45, 2.75) is 44.8 Å². The van der Waals surface area contributed by atoms with Crippen molar-refractivity contribution in [2.75, 3.05) is 53.4 Å². The number of amides is 1. The van der Waals surface area contributed by atoms with E-state index in [1.54, 1.807) is 12.1 Å². The van der Waals surface area contributed by atoms with Crippen molar-refractivity contribution in [3.05, 3.63) is 75.2 Å². The lowest BCUT2D eigenvalue weighted by molar-refractivity contribution is -0.211. The lowest BCUT2D eigenvalue weighted by atomic mass is 9.89. The first kappa shape index (κ1) is 34.9. The van der Waals surface area contributed by atoms with Gasteiger partial charge in [-0.15, -0.1) is 0 Å². The van der Waals surface area contributed by atoms with E-state index in [2.05, 4.69) is 15.2 Å². The fourth-order valence-electron chi connectivity index (χ4n) is 6.09. The topological polar surface area (TPSA) is 112 Å². The third-order valence-electron chi connectivity index (χ3n) is 8.88. The molecule has 1 N–H and O–H groups in total. The summed E-state index contributed by atoms with van der Waals surface area (Å²) < 4.78 is 67.4. The number of rotatable bonds is 11. The van der Waals surface area contributed by atoms with Crippen molar-refractivity contribution < 1.29 is 36.0 Å². The molecule has 2 fully saturated rings. The Labute approximate surface area is 273 Å². The van der Waals surface area contributed by atoms with Crippen molar-refractivity contribution >= 4 is 33.6 Å². The number of ketones is 1. The van der Waals surface area contributed by atoms with Gasteiger partial charge in [0.25, 0.3) is 5.91 Å². The molecule has 0 aliphatic carbocycles. The number of hydrogen-bond donors (Lipinski definition) is 1. The number of Topliss-reactive ketones (excluding diaryl/α,β-unsaturated/α-hetero) is 1. The molecular weight excluding hydrogens is 635 g/mol. The number of nitrogens with one attached hydrogen (secondary N) is 1. The highest BCUT2D eigenvalue weighted by atomic mass is 32.2. The van der Waals surface area contributed by atoms with Gasteiger partial charge in [0.2, 0.25) is 10.0 Å². The van der Waals surface area contributed by atoms with E-state index in [-0.39, 0.29) is 49.0 Å². The smallest absolute Gasteiger partial charge is 0.309 e. The summed E-state index contributed by atoms with van der Waals surface area (Å²) in [5.41, 5.74) is 0.859. The van der Waals surface area contributed by atoms with Crippen LogP contribution in [-0.2, 0) is 25.8 Å². The van der Waals surface area contributed by atoms with Crippen LogP contribution in [0.2, 0.25) is 0 Å². The molecule has 2 aromatic rings. The maximum absolute atomic E-state index is 13.3. The van der Waals surface area contributed by atoms with E-state index in [0.29, 0.717) is 30.8 Å². The number of halogens is 3. The summed E-state index contributed by atoms with van der Waals surface area (Å²) in [6.07, 6.45) is -1.94. The van der Waals surface area contributed by atoms with Crippen LogP contribution in [0.15, 0.2) is 46.8 Å². The second-order valence-corrected chi connectivity index (χ2v) is 14.5. The van der Waals surface area contributed by atoms with Gasteiger partial charge in [0.05, 0.1) is 18.1 Å². The molecule has 3 heterocycles. The number of hydroxylamine groups is 2. The predicted molar refractivity (Wildman–Crippen MR) is 172 cm³/mol. The molecule has 2 saturated heterocycles. The maximum Gasteiger partial charge on any atom is 0.416 e. The van der Waals surface area contributed by atoms with Gasteiger partial charge in [-0.2, -0.15) is 22.5 Å². The summed E-state index contributed by atoms with van der Waals surface area (Å²) in [5.74, 6) is -0.534. The molecule has 0 aromatic heterocycles. The standard InChI is InChI=1S/C33H40F3N5O5S/c1-22-17-25(29(42)26-20-40(21-26)46-15-6-12-39(3)4)18-23(2)28(22)9-16-47(44,45)41-13-10-32(11-14-41)31(43)37-30(38-32)24-7-5-8-27(19-24)33(34,35)36/h5,7-9,16-19,26H,6,10-15,20-21H2,1-4H3,(H,37,38,43)/b16-9+. The third kappa shape index (κ3) is 7.83. The highest BCUT2D eigenvalue weighted by Gasteiger charge is 2.47. The number of amidine groups is 1. The minimum atomic E-state index is -4.54. The van der Waals surface area contributed by atoms with Gasteiger partial charge < -0.3 is 10.2 Å². The molecule has 0 atom stereocenters. The number of benzene rings is 2. The van der Waals surface area contributed by atoms with Crippen LogP contribution in [0.5, 0.6) is 0 Å². The summed E-state index contributed by atoms with van der Waals surface area (Å²) in [6, 6.07) is 8.13.